The molecule has 128 valence electrons. The van der Waals surface area contributed by atoms with Gasteiger partial charge in [0.15, 0.2) is 0 Å². The Morgan fingerprint density at radius 2 is 1.79 bits per heavy atom. The van der Waals surface area contributed by atoms with Gasteiger partial charge in [0.25, 0.3) is 0 Å². The zero-order valence-electron chi connectivity index (χ0n) is 13.1. The average Bonchev–Trinajstić information content (AvgIpc) is 2.54. The molecule has 4 nitrogen and oxygen atoms in total. The molecule has 2 aromatic carbocycles. The number of urea groups is 1. The fourth-order valence-electron chi connectivity index (χ4n) is 2.11. The molecule has 0 radical (unpaired) electrons. The van der Waals surface area contributed by atoms with Crippen molar-refractivity contribution >= 4 is 11.7 Å². The first-order chi connectivity index (χ1) is 11.3. The predicted octanol–water partition coefficient (Wildman–Crippen LogP) is 4.60. The van der Waals surface area contributed by atoms with E-state index in [1.54, 1.807) is 31.2 Å². The topological polar surface area (TPSA) is 50.4 Å². The SMILES string of the molecule is COc1ccc(NC(=O)NC(C)c2cccc(C(F)(F)F)c2)cc1. The van der Waals surface area contributed by atoms with Gasteiger partial charge in [-0.25, -0.2) is 4.79 Å². The lowest BCUT2D eigenvalue weighted by Crippen LogP contribution is -2.31. The number of amides is 2. The number of nitrogens with one attached hydrogen (secondary N) is 2. The molecule has 1 atom stereocenters. The van der Waals surface area contributed by atoms with Crippen molar-refractivity contribution in [3.63, 3.8) is 0 Å². The normalized spacial score (nSPS) is 12.4. The summed E-state index contributed by atoms with van der Waals surface area (Å²) in [6.45, 7) is 1.61. The summed E-state index contributed by atoms with van der Waals surface area (Å²) in [4.78, 5) is 12.0. The van der Waals surface area contributed by atoms with Crippen molar-refractivity contribution in [2.24, 2.45) is 0 Å². The predicted molar refractivity (Wildman–Crippen MR) is 85.0 cm³/mol. The maximum atomic E-state index is 12.7. The molecule has 0 aromatic heterocycles. The molecule has 2 N–H and O–H groups in total. The third-order valence-corrected chi connectivity index (χ3v) is 3.41. The van der Waals surface area contributed by atoms with E-state index in [4.69, 9.17) is 4.74 Å². The summed E-state index contributed by atoms with van der Waals surface area (Å²) in [7, 11) is 1.53. The largest absolute Gasteiger partial charge is 0.497 e. The maximum absolute atomic E-state index is 12.7. The van der Waals surface area contributed by atoms with Gasteiger partial charge in [-0.2, -0.15) is 13.2 Å². The number of hydrogen-bond donors (Lipinski definition) is 2. The number of anilines is 1. The van der Waals surface area contributed by atoms with E-state index >= 15 is 0 Å². The number of halogens is 3. The molecule has 2 amide bonds. The third kappa shape index (κ3) is 4.65. The van der Waals surface area contributed by atoms with Crippen LogP contribution < -0.4 is 15.4 Å². The molecule has 0 aliphatic heterocycles. The van der Waals surface area contributed by atoms with Crippen LogP contribution in [0.1, 0.15) is 24.1 Å². The second kappa shape index (κ2) is 7.25. The summed E-state index contributed by atoms with van der Waals surface area (Å²) in [6.07, 6.45) is -4.42. The van der Waals surface area contributed by atoms with E-state index in [-0.39, 0.29) is 0 Å². The number of benzene rings is 2. The van der Waals surface area contributed by atoms with Crippen LogP contribution in [0.5, 0.6) is 5.75 Å². The maximum Gasteiger partial charge on any atom is 0.416 e. The van der Waals surface area contributed by atoms with E-state index in [0.717, 1.165) is 12.1 Å². The molecule has 0 spiro atoms. The monoisotopic (exact) mass is 338 g/mol. The molecule has 1 unspecified atom stereocenters. The van der Waals surface area contributed by atoms with E-state index in [1.165, 1.54) is 19.2 Å². The molecule has 24 heavy (non-hydrogen) atoms. The number of ether oxygens (including phenoxy) is 1. The Labute approximate surface area is 137 Å². The number of methoxy groups -OCH3 is 1. The van der Waals surface area contributed by atoms with Crippen LogP contribution in [0.15, 0.2) is 48.5 Å². The first-order valence-electron chi connectivity index (χ1n) is 7.18. The van der Waals surface area contributed by atoms with Crippen LogP contribution in [0.4, 0.5) is 23.7 Å². The number of alkyl halides is 3. The van der Waals surface area contributed by atoms with Crippen LogP contribution in [0.3, 0.4) is 0 Å². The van der Waals surface area contributed by atoms with Crippen LogP contribution in [0, 0.1) is 0 Å². The highest BCUT2D eigenvalue weighted by molar-refractivity contribution is 5.89. The Kier molecular flexibility index (Phi) is 5.33. The van der Waals surface area contributed by atoms with E-state index in [9.17, 15) is 18.0 Å². The molecule has 2 aromatic rings. The first-order valence-corrected chi connectivity index (χ1v) is 7.18. The van der Waals surface area contributed by atoms with Crippen LogP contribution >= 0.6 is 0 Å². The van der Waals surface area contributed by atoms with Gasteiger partial charge in [-0.3, -0.25) is 0 Å². The number of carbonyl (C=O) groups excluding carboxylic acids is 1. The molecule has 0 heterocycles. The average molecular weight is 338 g/mol. The molecule has 0 fully saturated rings. The smallest absolute Gasteiger partial charge is 0.416 e. The molecular weight excluding hydrogens is 321 g/mol. The number of carbonyl (C=O) groups is 1. The van der Waals surface area contributed by atoms with Gasteiger partial charge >= 0.3 is 12.2 Å². The van der Waals surface area contributed by atoms with Gasteiger partial charge in [0.1, 0.15) is 5.75 Å². The fraction of sp³-hybridized carbons (Fsp3) is 0.235. The van der Waals surface area contributed by atoms with Crippen molar-refractivity contribution in [3.05, 3.63) is 59.7 Å². The zero-order valence-corrected chi connectivity index (χ0v) is 13.1. The van der Waals surface area contributed by atoms with Crippen LogP contribution in [0.2, 0.25) is 0 Å². The van der Waals surface area contributed by atoms with E-state index in [0.29, 0.717) is 17.0 Å². The van der Waals surface area contributed by atoms with Gasteiger partial charge < -0.3 is 15.4 Å². The second-order valence-corrected chi connectivity index (χ2v) is 5.17. The highest BCUT2D eigenvalue weighted by Gasteiger charge is 2.30. The number of hydrogen-bond acceptors (Lipinski definition) is 2. The molecule has 7 heteroatoms. The summed E-state index contributed by atoms with van der Waals surface area (Å²) in [6, 6.07) is 10.5. The lowest BCUT2D eigenvalue weighted by molar-refractivity contribution is -0.137. The Morgan fingerprint density at radius 3 is 2.38 bits per heavy atom. The van der Waals surface area contributed by atoms with Crippen molar-refractivity contribution in [1.29, 1.82) is 0 Å². The van der Waals surface area contributed by atoms with E-state index in [1.807, 2.05) is 0 Å². The molecule has 0 saturated carbocycles. The first kappa shape index (κ1) is 17.7. The van der Waals surface area contributed by atoms with E-state index in [2.05, 4.69) is 10.6 Å². The standard InChI is InChI=1S/C17H17F3N2O2/c1-11(12-4-3-5-13(10-12)17(18,19)20)21-16(23)22-14-6-8-15(24-2)9-7-14/h3-11H,1-2H3,(H2,21,22,23). The van der Waals surface area contributed by atoms with Gasteiger partial charge in [0.2, 0.25) is 0 Å². The minimum Gasteiger partial charge on any atom is -0.497 e. The summed E-state index contributed by atoms with van der Waals surface area (Å²) in [5.74, 6) is 0.651. The van der Waals surface area contributed by atoms with Gasteiger partial charge in [0.05, 0.1) is 18.7 Å². The minimum atomic E-state index is -4.42. The van der Waals surface area contributed by atoms with Crippen molar-refractivity contribution in [1.82, 2.24) is 5.32 Å². The lowest BCUT2D eigenvalue weighted by atomic mass is 10.1. The Hall–Kier alpha value is -2.70. The van der Waals surface area contributed by atoms with Crippen molar-refractivity contribution in [2.45, 2.75) is 19.1 Å². The van der Waals surface area contributed by atoms with Crippen LogP contribution in [0.25, 0.3) is 0 Å². The molecule has 0 aliphatic carbocycles. The fourth-order valence-corrected chi connectivity index (χ4v) is 2.11. The molecular formula is C17H17F3N2O2. The highest BCUT2D eigenvalue weighted by atomic mass is 19.4. The van der Waals surface area contributed by atoms with Crippen LogP contribution in [-0.2, 0) is 6.18 Å². The zero-order chi connectivity index (χ0) is 17.7. The third-order valence-electron chi connectivity index (χ3n) is 3.41. The van der Waals surface area contributed by atoms with Crippen molar-refractivity contribution in [2.75, 3.05) is 12.4 Å². The number of rotatable bonds is 4. The molecule has 0 bridgehead atoms. The second-order valence-electron chi connectivity index (χ2n) is 5.17. The van der Waals surface area contributed by atoms with Gasteiger partial charge in [0, 0.05) is 5.69 Å². The summed E-state index contributed by atoms with van der Waals surface area (Å²) >= 11 is 0. The molecule has 2 rings (SSSR count). The summed E-state index contributed by atoms with van der Waals surface area (Å²) < 4.78 is 43.2. The van der Waals surface area contributed by atoms with Gasteiger partial charge in [-0.05, 0) is 48.9 Å². The lowest BCUT2D eigenvalue weighted by Gasteiger charge is -2.17. The molecule has 0 saturated heterocycles. The Bertz CT molecular complexity index is 700. The Balaban J connectivity index is 2.00. The van der Waals surface area contributed by atoms with Gasteiger partial charge in [-0.1, -0.05) is 12.1 Å². The Morgan fingerprint density at radius 1 is 1.12 bits per heavy atom. The quantitative estimate of drug-likeness (QED) is 0.856. The van der Waals surface area contributed by atoms with Crippen LogP contribution in [-0.4, -0.2) is 13.1 Å². The summed E-state index contributed by atoms with van der Waals surface area (Å²) in [5.41, 5.74) is 0.170. The summed E-state index contributed by atoms with van der Waals surface area (Å²) in [5, 5.41) is 5.21. The van der Waals surface area contributed by atoms with Crippen molar-refractivity contribution in [3.8, 4) is 5.75 Å². The van der Waals surface area contributed by atoms with Gasteiger partial charge in [-0.15, -0.1) is 0 Å². The highest BCUT2D eigenvalue weighted by Crippen LogP contribution is 2.30. The van der Waals surface area contributed by atoms with E-state index < -0.39 is 23.8 Å². The minimum absolute atomic E-state index is 0.370. The molecule has 0 aliphatic rings. The van der Waals surface area contributed by atoms with Crippen molar-refractivity contribution < 1.29 is 22.7 Å².